The zero-order chi connectivity index (χ0) is 14.5. The molecule has 0 unspecified atom stereocenters. The molecule has 2 heterocycles. The predicted molar refractivity (Wildman–Crippen MR) is 81.7 cm³/mol. The van der Waals surface area contributed by atoms with Gasteiger partial charge in [-0.2, -0.15) is 5.10 Å². The predicted octanol–water partition coefficient (Wildman–Crippen LogP) is 2.67. The average molecular weight is 339 g/mol. The molecule has 0 spiro atoms. The third kappa shape index (κ3) is 3.19. The van der Waals surface area contributed by atoms with Gasteiger partial charge in [-0.05, 0) is 35.8 Å². The first-order valence-corrected chi connectivity index (χ1v) is 7.37. The molecule has 0 amide bonds. The summed E-state index contributed by atoms with van der Waals surface area (Å²) in [6.45, 7) is 6.40. The van der Waals surface area contributed by atoms with Crippen molar-refractivity contribution in [2.24, 2.45) is 0 Å². The highest BCUT2D eigenvalue weighted by atomic mass is 79.9. The van der Waals surface area contributed by atoms with Crippen molar-refractivity contribution in [3.63, 3.8) is 0 Å². The molecule has 0 aliphatic carbocycles. The minimum absolute atomic E-state index is 0.666. The Morgan fingerprint density at radius 3 is 2.90 bits per heavy atom. The third-order valence-corrected chi connectivity index (χ3v) is 4.14. The van der Waals surface area contributed by atoms with Crippen LogP contribution in [0, 0.1) is 6.92 Å². The van der Waals surface area contributed by atoms with Crippen LogP contribution in [-0.2, 0) is 19.6 Å². The van der Waals surface area contributed by atoms with E-state index in [0.29, 0.717) is 12.4 Å². The molecule has 0 aliphatic rings. The van der Waals surface area contributed by atoms with E-state index in [9.17, 15) is 0 Å². The Balaban J connectivity index is 2.03. The number of hydrogen-bond acceptors (Lipinski definition) is 4. The molecule has 6 heteroatoms. The number of nitrogens with one attached hydrogen (secondary N) is 1. The summed E-state index contributed by atoms with van der Waals surface area (Å²) in [5.41, 5.74) is 3.22. The average Bonchev–Trinajstić information content (AvgIpc) is 2.75. The van der Waals surface area contributed by atoms with Crippen LogP contribution in [0.15, 0.2) is 22.8 Å². The topological polar surface area (TPSA) is 52.0 Å². The summed E-state index contributed by atoms with van der Waals surface area (Å²) in [6.07, 6.45) is 1.73. The fraction of sp³-hybridized carbons (Fsp3) is 0.429. The molecule has 5 nitrogen and oxygen atoms in total. The van der Waals surface area contributed by atoms with E-state index < -0.39 is 0 Å². The Bertz CT molecular complexity index is 583. The second kappa shape index (κ2) is 6.85. The fourth-order valence-corrected chi connectivity index (χ4v) is 2.52. The van der Waals surface area contributed by atoms with Crippen LogP contribution in [0.2, 0.25) is 0 Å². The van der Waals surface area contributed by atoms with Gasteiger partial charge in [0.2, 0.25) is 5.88 Å². The normalized spacial score (nSPS) is 10.8. The summed E-state index contributed by atoms with van der Waals surface area (Å²) in [6, 6.07) is 3.92. The van der Waals surface area contributed by atoms with E-state index in [0.717, 1.165) is 34.5 Å². The summed E-state index contributed by atoms with van der Waals surface area (Å²) in [5, 5.41) is 7.89. The maximum Gasteiger partial charge on any atom is 0.217 e. The van der Waals surface area contributed by atoms with Gasteiger partial charge in [0.05, 0.1) is 23.0 Å². The zero-order valence-corrected chi connectivity index (χ0v) is 13.6. The van der Waals surface area contributed by atoms with E-state index in [-0.39, 0.29) is 0 Å². The number of pyridine rings is 1. The monoisotopic (exact) mass is 338 g/mol. The third-order valence-electron chi connectivity index (χ3n) is 3.10. The smallest absolute Gasteiger partial charge is 0.217 e. The second-order valence-electron chi connectivity index (χ2n) is 4.44. The molecule has 0 bridgehead atoms. The lowest BCUT2D eigenvalue weighted by molar-refractivity contribution is 0.390. The molecule has 108 valence electrons. The summed E-state index contributed by atoms with van der Waals surface area (Å²) in [5.74, 6) is 0.666. The number of aromatic nitrogens is 3. The van der Waals surface area contributed by atoms with Crippen LogP contribution in [0.3, 0.4) is 0 Å². The van der Waals surface area contributed by atoms with Crippen molar-refractivity contribution in [3.8, 4) is 5.88 Å². The molecule has 0 atom stereocenters. The van der Waals surface area contributed by atoms with Crippen molar-refractivity contribution in [3.05, 3.63) is 39.8 Å². The number of methoxy groups -OCH3 is 1. The van der Waals surface area contributed by atoms with Gasteiger partial charge in [0.15, 0.2) is 0 Å². The first kappa shape index (κ1) is 15.0. The molecule has 2 aromatic rings. The van der Waals surface area contributed by atoms with Gasteiger partial charge in [-0.15, -0.1) is 0 Å². The Hall–Kier alpha value is -1.40. The van der Waals surface area contributed by atoms with Crippen LogP contribution in [0.4, 0.5) is 0 Å². The molecule has 0 fully saturated rings. The lowest BCUT2D eigenvalue weighted by Crippen LogP contribution is -2.17. The van der Waals surface area contributed by atoms with Gasteiger partial charge < -0.3 is 10.1 Å². The maximum atomic E-state index is 5.24. The molecule has 0 saturated heterocycles. The molecule has 2 aromatic heterocycles. The summed E-state index contributed by atoms with van der Waals surface area (Å²) in [4.78, 5) is 4.19. The molecule has 20 heavy (non-hydrogen) atoms. The highest BCUT2D eigenvalue weighted by Crippen LogP contribution is 2.21. The molecule has 1 N–H and O–H groups in total. The fourth-order valence-electron chi connectivity index (χ4n) is 2.10. The number of aryl methyl sites for hydroxylation is 2. The zero-order valence-electron chi connectivity index (χ0n) is 12.0. The standard InChI is InChI=1S/C14H19BrN4O/c1-4-19-12(13(15)10(2)18-19)9-16-8-11-6-5-7-17-14(11)20-3/h5-7,16H,4,8-9H2,1-3H3. The van der Waals surface area contributed by atoms with Gasteiger partial charge in [0, 0.05) is 31.4 Å². The van der Waals surface area contributed by atoms with Crippen LogP contribution < -0.4 is 10.1 Å². The Morgan fingerprint density at radius 1 is 1.40 bits per heavy atom. The number of nitrogens with zero attached hydrogens (tertiary/aromatic N) is 3. The number of hydrogen-bond donors (Lipinski definition) is 1. The van der Waals surface area contributed by atoms with Crippen LogP contribution in [-0.4, -0.2) is 21.9 Å². The van der Waals surface area contributed by atoms with Crippen molar-refractivity contribution in [2.45, 2.75) is 33.5 Å². The molecule has 0 saturated carbocycles. The number of rotatable bonds is 6. The molecule has 0 radical (unpaired) electrons. The van der Waals surface area contributed by atoms with E-state index in [1.54, 1.807) is 13.3 Å². The van der Waals surface area contributed by atoms with E-state index in [2.05, 4.69) is 38.3 Å². The first-order chi connectivity index (χ1) is 9.67. The second-order valence-corrected chi connectivity index (χ2v) is 5.23. The van der Waals surface area contributed by atoms with Crippen molar-refractivity contribution in [2.75, 3.05) is 7.11 Å². The Morgan fingerprint density at radius 2 is 2.20 bits per heavy atom. The summed E-state index contributed by atoms with van der Waals surface area (Å²) in [7, 11) is 1.64. The largest absolute Gasteiger partial charge is 0.481 e. The SMILES string of the molecule is CCn1nc(C)c(Br)c1CNCc1cccnc1OC. The molecule has 2 rings (SSSR count). The molecule has 0 aliphatic heterocycles. The van der Waals surface area contributed by atoms with Crippen LogP contribution >= 0.6 is 15.9 Å². The van der Waals surface area contributed by atoms with E-state index in [1.807, 2.05) is 23.7 Å². The number of ether oxygens (including phenoxy) is 1. The van der Waals surface area contributed by atoms with E-state index in [4.69, 9.17) is 4.74 Å². The van der Waals surface area contributed by atoms with Crippen molar-refractivity contribution in [1.82, 2.24) is 20.1 Å². The maximum absolute atomic E-state index is 5.24. The quantitative estimate of drug-likeness (QED) is 0.879. The van der Waals surface area contributed by atoms with Crippen LogP contribution in [0.5, 0.6) is 5.88 Å². The van der Waals surface area contributed by atoms with Gasteiger partial charge in [0.25, 0.3) is 0 Å². The van der Waals surface area contributed by atoms with Gasteiger partial charge in [-0.25, -0.2) is 4.98 Å². The highest BCUT2D eigenvalue weighted by molar-refractivity contribution is 9.10. The van der Waals surface area contributed by atoms with Crippen molar-refractivity contribution in [1.29, 1.82) is 0 Å². The van der Waals surface area contributed by atoms with Crippen LogP contribution in [0.1, 0.15) is 23.9 Å². The molecular formula is C14H19BrN4O. The van der Waals surface area contributed by atoms with Gasteiger partial charge in [0.1, 0.15) is 0 Å². The van der Waals surface area contributed by atoms with E-state index >= 15 is 0 Å². The van der Waals surface area contributed by atoms with Crippen molar-refractivity contribution < 1.29 is 4.74 Å². The summed E-state index contributed by atoms with van der Waals surface area (Å²) < 4.78 is 8.32. The minimum Gasteiger partial charge on any atom is -0.481 e. The Kier molecular flexibility index (Phi) is 5.14. The van der Waals surface area contributed by atoms with Crippen molar-refractivity contribution >= 4 is 15.9 Å². The Labute approximate surface area is 127 Å². The lowest BCUT2D eigenvalue weighted by atomic mass is 10.2. The van der Waals surface area contributed by atoms with E-state index in [1.165, 1.54) is 0 Å². The minimum atomic E-state index is 0.666. The van der Waals surface area contributed by atoms with Crippen LogP contribution in [0.25, 0.3) is 0 Å². The summed E-state index contributed by atoms with van der Waals surface area (Å²) >= 11 is 3.60. The molecular weight excluding hydrogens is 320 g/mol. The molecule has 0 aromatic carbocycles. The lowest BCUT2D eigenvalue weighted by Gasteiger charge is -2.09. The van der Waals surface area contributed by atoms with Gasteiger partial charge in [-0.3, -0.25) is 4.68 Å². The number of halogens is 1. The highest BCUT2D eigenvalue weighted by Gasteiger charge is 2.11. The van der Waals surface area contributed by atoms with Gasteiger partial charge in [-0.1, -0.05) is 6.07 Å². The van der Waals surface area contributed by atoms with Gasteiger partial charge >= 0.3 is 0 Å². The first-order valence-electron chi connectivity index (χ1n) is 6.57.